The van der Waals surface area contributed by atoms with Crippen molar-refractivity contribution in [3.05, 3.63) is 30.0 Å². The minimum atomic E-state index is 0.257. The lowest BCUT2D eigenvalue weighted by atomic mass is 10.2. The highest BCUT2D eigenvalue weighted by molar-refractivity contribution is 5.83. The van der Waals surface area contributed by atoms with Crippen molar-refractivity contribution in [2.45, 2.75) is 19.9 Å². The molecule has 0 bridgehead atoms. The topological polar surface area (TPSA) is 42.2 Å². The van der Waals surface area contributed by atoms with Crippen molar-refractivity contribution in [2.75, 3.05) is 0 Å². The Morgan fingerprint density at radius 2 is 2.20 bits per heavy atom. The van der Waals surface area contributed by atoms with Crippen LogP contribution in [0.25, 0.3) is 10.9 Å². The third-order valence-electron chi connectivity index (χ3n) is 2.58. The number of fused-ring (bicyclic) bond motifs is 1. The fourth-order valence-electron chi connectivity index (χ4n) is 1.93. The van der Waals surface area contributed by atoms with E-state index in [1.54, 1.807) is 12.1 Å². The first-order valence-electron chi connectivity index (χ1n) is 5.01. The molecule has 3 heteroatoms. The minimum absolute atomic E-state index is 0.257. The highest BCUT2D eigenvalue weighted by atomic mass is 16.3. The zero-order valence-corrected chi connectivity index (χ0v) is 8.60. The van der Waals surface area contributed by atoms with Crippen LogP contribution in [0.3, 0.4) is 0 Å². The highest BCUT2D eigenvalue weighted by Crippen LogP contribution is 2.24. The van der Waals surface area contributed by atoms with Crippen LogP contribution in [0, 0.1) is 0 Å². The van der Waals surface area contributed by atoms with Crippen molar-refractivity contribution in [2.24, 2.45) is 0 Å². The number of rotatable bonds is 3. The predicted octanol–water partition coefficient (Wildman–Crippen LogP) is 2.11. The molecular formula is C12H13NO2. The maximum atomic E-state index is 10.5. The van der Waals surface area contributed by atoms with Crippen molar-refractivity contribution in [1.82, 2.24) is 4.57 Å². The van der Waals surface area contributed by atoms with Crippen molar-refractivity contribution in [3.8, 4) is 5.75 Å². The lowest BCUT2D eigenvalue weighted by Gasteiger charge is -2.05. The summed E-state index contributed by atoms with van der Waals surface area (Å²) in [5.41, 5.74) is 1.97. The van der Waals surface area contributed by atoms with Crippen molar-refractivity contribution in [1.29, 1.82) is 0 Å². The smallest absolute Gasteiger partial charge is 0.125 e. The number of hydrogen-bond donors (Lipinski definition) is 1. The summed E-state index contributed by atoms with van der Waals surface area (Å²) in [7, 11) is 0. The number of carbonyl (C=O) groups excluding carboxylic acids is 1. The van der Waals surface area contributed by atoms with Crippen LogP contribution in [0.2, 0.25) is 0 Å². The molecule has 0 aliphatic rings. The second kappa shape index (κ2) is 3.77. The molecule has 0 radical (unpaired) electrons. The van der Waals surface area contributed by atoms with Gasteiger partial charge in [0.05, 0.1) is 5.52 Å². The second-order valence-electron chi connectivity index (χ2n) is 3.49. The molecule has 1 N–H and O–H groups in total. The van der Waals surface area contributed by atoms with Crippen molar-refractivity contribution >= 4 is 17.2 Å². The van der Waals surface area contributed by atoms with Gasteiger partial charge in [0.2, 0.25) is 0 Å². The van der Waals surface area contributed by atoms with E-state index in [0.717, 1.165) is 29.4 Å². The fourth-order valence-corrected chi connectivity index (χ4v) is 1.93. The number of aryl methyl sites for hydroxylation is 1. The molecule has 1 aromatic carbocycles. The molecule has 0 unspecified atom stereocenters. The Morgan fingerprint density at radius 1 is 1.40 bits per heavy atom. The molecular weight excluding hydrogens is 190 g/mol. The SMILES string of the molecule is CCn1c(CC=O)cc2ccc(O)cc21. The zero-order chi connectivity index (χ0) is 10.8. The van der Waals surface area contributed by atoms with Crippen molar-refractivity contribution in [3.63, 3.8) is 0 Å². The quantitative estimate of drug-likeness (QED) is 0.776. The van der Waals surface area contributed by atoms with Crippen LogP contribution >= 0.6 is 0 Å². The number of aromatic hydroxyl groups is 1. The Hall–Kier alpha value is -1.77. The number of hydrogen-bond acceptors (Lipinski definition) is 2. The van der Waals surface area contributed by atoms with Gasteiger partial charge < -0.3 is 14.5 Å². The van der Waals surface area contributed by atoms with Crippen LogP contribution < -0.4 is 0 Å². The lowest BCUT2D eigenvalue weighted by molar-refractivity contribution is -0.107. The van der Waals surface area contributed by atoms with Gasteiger partial charge >= 0.3 is 0 Å². The number of phenolic OH excluding ortho intramolecular Hbond substituents is 1. The molecule has 3 nitrogen and oxygen atoms in total. The van der Waals surface area contributed by atoms with E-state index >= 15 is 0 Å². The fraction of sp³-hybridized carbons (Fsp3) is 0.250. The molecule has 0 fully saturated rings. The van der Waals surface area contributed by atoms with Gasteiger partial charge in [-0.15, -0.1) is 0 Å². The first kappa shape index (κ1) is 9.77. The maximum absolute atomic E-state index is 10.5. The average molecular weight is 203 g/mol. The van der Waals surface area contributed by atoms with Gasteiger partial charge in [-0.05, 0) is 25.1 Å². The van der Waals surface area contributed by atoms with Crippen LogP contribution in [-0.2, 0) is 17.8 Å². The number of benzene rings is 1. The average Bonchev–Trinajstić information content (AvgIpc) is 2.55. The van der Waals surface area contributed by atoms with Crippen LogP contribution in [0.5, 0.6) is 5.75 Å². The molecule has 0 atom stereocenters. The predicted molar refractivity (Wildman–Crippen MR) is 59.0 cm³/mol. The van der Waals surface area contributed by atoms with Gasteiger partial charge in [-0.25, -0.2) is 0 Å². The zero-order valence-electron chi connectivity index (χ0n) is 8.60. The highest BCUT2D eigenvalue weighted by Gasteiger charge is 2.07. The molecule has 2 aromatic rings. The molecule has 0 saturated heterocycles. The van der Waals surface area contributed by atoms with Gasteiger partial charge in [-0.1, -0.05) is 0 Å². The number of carbonyl (C=O) groups is 1. The molecule has 0 aliphatic heterocycles. The summed E-state index contributed by atoms with van der Waals surface area (Å²) < 4.78 is 2.05. The van der Waals surface area contributed by atoms with E-state index in [4.69, 9.17) is 0 Å². The molecule has 2 rings (SSSR count). The summed E-state index contributed by atoms with van der Waals surface area (Å²) in [5.74, 6) is 0.257. The third kappa shape index (κ3) is 1.61. The second-order valence-corrected chi connectivity index (χ2v) is 3.49. The van der Waals surface area contributed by atoms with E-state index in [1.807, 2.05) is 23.6 Å². The molecule has 0 spiro atoms. The van der Waals surface area contributed by atoms with E-state index in [2.05, 4.69) is 0 Å². The summed E-state index contributed by atoms with van der Waals surface area (Å²) in [4.78, 5) is 10.5. The van der Waals surface area contributed by atoms with Gasteiger partial charge in [0.1, 0.15) is 12.0 Å². The Labute approximate surface area is 87.9 Å². The monoisotopic (exact) mass is 203 g/mol. The molecule has 15 heavy (non-hydrogen) atoms. The van der Waals surface area contributed by atoms with Crippen LogP contribution in [0.4, 0.5) is 0 Å². The van der Waals surface area contributed by atoms with Gasteiger partial charge in [0.15, 0.2) is 0 Å². The summed E-state index contributed by atoms with van der Waals surface area (Å²) in [5, 5.41) is 10.5. The Balaban J connectivity index is 2.68. The standard InChI is InChI=1S/C12H13NO2/c1-2-13-10(5-6-14)7-9-3-4-11(15)8-12(9)13/h3-4,6-8,15H,2,5H2,1H3. The summed E-state index contributed by atoms with van der Waals surface area (Å²) in [6.45, 7) is 2.83. The van der Waals surface area contributed by atoms with E-state index < -0.39 is 0 Å². The maximum Gasteiger partial charge on any atom is 0.125 e. The summed E-state index contributed by atoms with van der Waals surface area (Å²) in [6, 6.07) is 7.25. The van der Waals surface area contributed by atoms with Gasteiger partial charge in [-0.3, -0.25) is 0 Å². The molecule has 78 valence electrons. The number of aldehydes is 1. The van der Waals surface area contributed by atoms with E-state index in [9.17, 15) is 9.90 Å². The molecule has 0 aliphatic carbocycles. The summed E-state index contributed by atoms with van der Waals surface area (Å²) in [6.07, 6.45) is 1.32. The first-order chi connectivity index (χ1) is 7.26. The molecule has 0 amide bonds. The number of nitrogens with zero attached hydrogens (tertiary/aromatic N) is 1. The van der Waals surface area contributed by atoms with Crippen molar-refractivity contribution < 1.29 is 9.90 Å². The molecule has 0 saturated carbocycles. The Morgan fingerprint density at radius 3 is 2.87 bits per heavy atom. The van der Waals surface area contributed by atoms with Gasteiger partial charge in [-0.2, -0.15) is 0 Å². The lowest BCUT2D eigenvalue weighted by Crippen LogP contribution is -2.00. The van der Waals surface area contributed by atoms with E-state index in [0.29, 0.717) is 6.42 Å². The van der Waals surface area contributed by atoms with Crippen LogP contribution in [-0.4, -0.2) is 16.0 Å². The minimum Gasteiger partial charge on any atom is -0.508 e. The normalized spacial score (nSPS) is 10.7. The first-order valence-corrected chi connectivity index (χ1v) is 5.01. The largest absolute Gasteiger partial charge is 0.508 e. The van der Waals surface area contributed by atoms with Gasteiger partial charge in [0, 0.05) is 30.1 Å². The Kier molecular flexibility index (Phi) is 2.46. The third-order valence-corrected chi connectivity index (χ3v) is 2.58. The van der Waals surface area contributed by atoms with Crippen LogP contribution in [0.1, 0.15) is 12.6 Å². The van der Waals surface area contributed by atoms with Crippen LogP contribution in [0.15, 0.2) is 24.3 Å². The molecule has 1 aromatic heterocycles. The van der Waals surface area contributed by atoms with Gasteiger partial charge in [0.25, 0.3) is 0 Å². The van der Waals surface area contributed by atoms with E-state index in [1.165, 1.54) is 0 Å². The van der Waals surface area contributed by atoms with E-state index in [-0.39, 0.29) is 5.75 Å². The summed E-state index contributed by atoms with van der Waals surface area (Å²) >= 11 is 0. The molecule has 1 heterocycles. The number of aromatic nitrogens is 1. The number of phenols is 1. The Bertz CT molecular complexity index is 500.